The summed E-state index contributed by atoms with van der Waals surface area (Å²) in [5, 5.41) is 0. The van der Waals surface area contributed by atoms with Gasteiger partial charge in [0.1, 0.15) is 23.6 Å². The van der Waals surface area contributed by atoms with Crippen molar-refractivity contribution in [3.05, 3.63) is 16.4 Å². The van der Waals surface area contributed by atoms with Crippen molar-refractivity contribution in [1.82, 2.24) is 9.97 Å². The highest BCUT2D eigenvalue weighted by molar-refractivity contribution is 7.21. The number of carbonyl (C=O) groups is 1. The average molecular weight is 311 g/mol. The molecule has 0 aromatic carbocycles. The topological polar surface area (TPSA) is 61.3 Å². The number of ether oxygens (including phenoxy) is 2. The van der Waals surface area contributed by atoms with Crippen molar-refractivity contribution in [3.8, 4) is 5.88 Å². The van der Waals surface area contributed by atoms with Gasteiger partial charge in [0.25, 0.3) is 5.88 Å². The molecule has 0 aliphatic heterocycles. The normalized spacial score (nSPS) is 10.6. The summed E-state index contributed by atoms with van der Waals surface area (Å²) < 4.78 is 23.2. The van der Waals surface area contributed by atoms with Crippen LogP contribution in [0.15, 0.2) is 6.07 Å². The van der Waals surface area contributed by atoms with Crippen LogP contribution >= 0.6 is 34.5 Å². The van der Waals surface area contributed by atoms with Gasteiger partial charge in [-0.25, -0.2) is 14.2 Å². The Morgan fingerprint density at radius 1 is 1.44 bits per heavy atom. The number of hydrogen-bond acceptors (Lipinski definition) is 6. The zero-order chi connectivity index (χ0) is 13.1. The van der Waals surface area contributed by atoms with Crippen molar-refractivity contribution in [2.75, 3.05) is 13.2 Å². The summed E-state index contributed by atoms with van der Waals surface area (Å²) >= 11 is 11.7. The van der Waals surface area contributed by atoms with Gasteiger partial charge in [0.2, 0.25) is 0 Å². The molecule has 0 aliphatic carbocycles. The minimum Gasteiger partial charge on any atom is -0.472 e. The molecule has 0 unspecified atom stereocenters. The molecule has 2 heterocycles. The van der Waals surface area contributed by atoms with Gasteiger partial charge < -0.3 is 9.47 Å². The van der Waals surface area contributed by atoms with E-state index in [0.717, 1.165) is 11.3 Å². The van der Waals surface area contributed by atoms with Crippen LogP contribution in [-0.2, 0) is 4.74 Å². The molecule has 2 aromatic rings. The molecule has 18 heavy (non-hydrogen) atoms. The van der Waals surface area contributed by atoms with Crippen molar-refractivity contribution in [3.63, 3.8) is 0 Å². The van der Waals surface area contributed by atoms with E-state index in [0.29, 0.717) is 10.3 Å². The van der Waals surface area contributed by atoms with Crippen LogP contribution in [0.1, 0.15) is 0 Å². The molecule has 2 rings (SSSR count). The zero-order valence-electron chi connectivity index (χ0n) is 8.65. The third kappa shape index (κ3) is 3.18. The number of carbonyl (C=O) groups excluding carboxylic acids is 1. The molecule has 0 aliphatic rings. The van der Waals surface area contributed by atoms with Gasteiger partial charge in [0.05, 0.1) is 0 Å². The van der Waals surface area contributed by atoms with E-state index < -0.39 is 11.2 Å². The van der Waals surface area contributed by atoms with Gasteiger partial charge in [-0.15, -0.1) is 0 Å². The summed E-state index contributed by atoms with van der Waals surface area (Å²) in [5.41, 5.74) is -0.584. The van der Waals surface area contributed by atoms with E-state index in [1.165, 1.54) is 6.07 Å². The van der Waals surface area contributed by atoms with E-state index in [9.17, 15) is 9.18 Å². The van der Waals surface area contributed by atoms with Crippen LogP contribution in [0.4, 0.5) is 9.18 Å². The smallest absolute Gasteiger partial charge is 0.403 e. The summed E-state index contributed by atoms with van der Waals surface area (Å²) in [7, 11) is 0. The molecule has 0 saturated carbocycles. The maximum atomic E-state index is 13.5. The first-order valence-electron chi connectivity index (χ1n) is 4.64. The first-order valence-corrected chi connectivity index (χ1v) is 6.21. The third-order valence-corrected chi connectivity index (χ3v) is 3.00. The van der Waals surface area contributed by atoms with Crippen LogP contribution in [0.3, 0.4) is 0 Å². The van der Waals surface area contributed by atoms with Crippen molar-refractivity contribution in [1.29, 1.82) is 0 Å². The van der Waals surface area contributed by atoms with Crippen LogP contribution in [0.2, 0.25) is 4.47 Å². The predicted molar refractivity (Wildman–Crippen MR) is 65.1 cm³/mol. The molecule has 0 N–H and O–H groups in total. The Morgan fingerprint density at radius 3 is 2.94 bits per heavy atom. The molecule has 96 valence electrons. The Balaban J connectivity index is 2.07. The second-order valence-electron chi connectivity index (χ2n) is 3.00. The fraction of sp³-hybridized carbons (Fsp3) is 0.222. The molecule has 0 atom stereocenters. The van der Waals surface area contributed by atoms with Crippen LogP contribution in [-0.4, -0.2) is 28.6 Å². The van der Waals surface area contributed by atoms with Gasteiger partial charge in [-0.2, -0.15) is 4.98 Å². The number of rotatable bonds is 4. The number of nitrogens with zero attached hydrogens (tertiary/aromatic N) is 2. The molecular weight excluding hydrogens is 306 g/mol. The SMILES string of the molecule is O=C(Cl)OCCOc1nc2sc(Cl)nc2cc1F. The summed E-state index contributed by atoms with van der Waals surface area (Å²) in [4.78, 5) is 18.5. The molecular formula is C9H5Cl2FN2O3S. The van der Waals surface area contributed by atoms with Gasteiger partial charge >= 0.3 is 5.43 Å². The molecule has 0 amide bonds. The maximum absolute atomic E-state index is 13.5. The zero-order valence-corrected chi connectivity index (χ0v) is 11.0. The van der Waals surface area contributed by atoms with Crippen LogP contribution in [0, 0.1) is 5.82 Å². The first kappa shape index (κ1) is 13.3. The van der Waals surface area contributed by atoms with Crippen molar-refractivity contribution in [2.45, 2.75) is 0 Å². The number of pyridine rings is 1. The number of fused-ring (bicyclic) bond motifs is 1. The van der Waals surface area contributed by atoms with Crippen LogP contribution in [0.25, 0.3) is 10.3 Å². The quantitative estimate of drug-likeness (QED) is 0.641. The fourth-order valence-electron chi connectivity index (χ4n) is 1.16. The lowest BCUT2D eigenvalue weighted by Gasteiger charge is -2.05. The van der Waals surface area contributed by atoms with Gasteiger partial charge in [0, 0.05) is 17.7 Å². The number of thiazole rings is 1. The van der Waals surface area contributed by atoms with Crippen LogP contribution in [0.5, 0.6) is 5.88 Å². The van der Waals surface area contributed by atoms with E-state index in [-0.39, 0.29) is 23.6 Å². The minimum atomic E-state index is -0.947. The monoisotopic (exact) mass is 310 g/mol. The lowest BCUT2D eigenvalue weighted by molar-refractivity contribution is 0.144. The largest absolute Gasteiger partial charge is 0.472 e. The molecule has 2 aromatic heterocycles. The van der Waals surface area contributed by atoms with Gasteiger partial charge in [0.15, 0.2) is 10.3 Å². The van der Waals surface area contributed by atoms with Gasteiger partial charge in [-0.05, 0) is 0 Å². The molecule has 0 spiro atoms. The molecule has 0 bridgehead atoms. The van der Waals surface area contributed by atoms with Gasteiger partial charge in [-0.1, -0.05) is 22.9 Å². The highest BCUT2D eigenvalue weighted by Crippen LogP contribution is 2.27. The molecule has 9 heteroatoms. The molecule has 0 saturated heterocycles. The number of halogens is 3. The Hall–Kier alpha value is -1.18. The Bertz CT molecular complexity index is 592. The Kier molecular flexibility index (Phi) is 4.15. The highest BCUT2D eigenvalue weighted by atomic mass is 35.5. The standard InChI is InChI=1S/C9H5Cl2FN2O3S/c10-8-13-5-3-4(12)6(14-7(5)18-8)16-1-2-17-9(11)15/h3H,1-2H2. The Labute approximate surface area is 114 Å². The predicted octanol–water partition coefficient (Wildman–Crippen LogP) is 3.24. The third-order valence-electron chi connectivity index (χ3n) is 1.82. The van der Waals surface area contributed by atoms with Crippen molar-refractivity contribution < 1.29 is 18.7 Å². The van der Waals surface area contributed by atoms with E-state index in [1.54, 1.807) is 0 Å². The summed E-state index contributed by atoms with van der Waals surface area (Å²) in [6.45, 7) is -0.147. The Morgan fingerprint density at radius 2 is 2.22 bits per heavy atom. The first-order chi connectivity index (χ1) is 8.56. The molecule has 0 fully saturated rings. The van der Waals surface area contributed by atoms with Gasteiger partial charge in [-0.3, -0.25) is 0 Å². The molecule has 5 nitrogen and oxygen atoms in total. The van der Waals surface area contributed by atoms with E-state index >= 15 is 0 Å². The molecule has 0 radical (unpaired) electrons. The summed E-state index contributed by atoms with van der Waals surface area (Å²) in [5.74, 6) is -0.866. The lowest BCUT2D eigenvalue weighted by Crippen LogP contribution is -2.09. The van der Waals surface area contributed by atoms with E-state index in [4.69, 9.17) is 27.9 Å². The van der Waals surface area contributed by atoms with Crippen LogP contribution < -0.4 is 4.74 Å². The second kappa shape index (κ2) is 5.64. The average Bonchev–Trinajstić information content (AvgIpc) is 2.63. The summed E-state index contributed by atoms with van der Waals surface area (Å²) in [6.07, 6.45) is 0. The van der Waals surface area contributed by atoms with E-state index in [1.807, 2.05) is 0 Å². The minimum absolute atomic E-state index is 0.0551. The highest BCUT2D eigenvalue weighted by Gasteiger charge is 2.11. The second-order valence-corrected chi connectivity index (χ2v) is 4.87. The van der Waals surface area contributed by atoms with Crippen molar-refractivity contribution in [2.24, 2.45) is 0 Å². The fourth-order valence-corrected chi connectivity index (χ4v) is 2.19. The number of aromatic nitrogens is 2. The number of hydrogen-bond donors (Lipinski definition) is 0. The summed E-state index contributed by atoms with van der Waals surface area (Å²) in [6, 6.07) is 1.17. The maximum Gasteiger partial charge on any atom is 0.403 e. The van der Waals surface area contributed by atoms with Crippen molar-refractivity contribution >= 4 is 50.3 Å². The van der Waals surface area contributed by atoms with E-state index in [2.05, 4.69) is 14.7 Å². The lowest BCUT2D eigenvalue weighted by atomic mass is 10.4.